The second-order valence-electron chi connectivity index (χ2n) is 6.11. The minimum Gasteiger partial charge on any atom is -0.406 e. The molecule has 1 aliphatic heterocycles. The van der Waals surface area contributed by atoms with Crippen LogP contribution < -0.4 is 15.8 Å². The SMILES string of the molecule is Cc1nnc2n1CC(CN=C(N)Nc1cccc(OC(F)(F)F)c1)CC2.I. The van der Waals surface area contributed by atoms with E-state index in [0.717, 1.165) is 31.0 Å². The van der Waals surface area contributed by atoms with Crippen LogP contribution in [0.2, 0.25) is 0 Å². The average molecular weight is 496 g/mol. The highest BCUT2D eigenvalue weighted by molar-refractivity contribution is 14.0. The third-order valence-electron chi connectivity index (χ3n) is 4.09. The lowest BCUT2D eigenvalue weighted by molar-refractivity contribution is -0.274. The minimum absolute atomic E-state index is 0. The van der Waals surface area contributed by atoms with Crippen molar-refractivity contribution in [3.05, 3.63) is 35.9 Å². The zero-order valence-electron chi connectivity index (χ0n) is 14.5. The zero-order valence-corrected chi connectivity index (χ0v) is 16.9. The summed E-state index contributed by atoms with van der Waals surface area (Å²) in [7, 11) is 0. The number of hydrogen-bond acceptors (Lipinski definition) is 4. The summed E-state index contributed by atoms with van der Waals surface area (Å²) in [5.74, 6) is 1.98. The molecule has 0 amide bonds. The van der Waals surface area contributed by atoms with Gasteiger partial charge in [0.05, 0.1) is 0 Å². The van der Waals surface area contributed by atoms with E-state index in [-0.39, 0.29) is 35.7 Å². The fourth-order valence-corrected chi connectivity index (χ4v) is 2.86. The normalized spacial score (nSPS) is 17.0. The van der Waals surface area contributed by atoms with Crippen molar-refractivity contribution in [1.82, 2.24) is 14.8 Å². The number of alkyl halides is 3. The first kappa shape index (κ1) is 21.3. The molecule has 2 heterocycles. The predicted molar refractivity (Wildman–Crippen MR) is 105 cm³/mol. The van der Waals surface area contributed by atoms with Gasteiger partial charge in [0.2, 0.25) is 0 Å². The van der Waals surface area contributed by atoms with Crippen molar-refractivity contribution in [2.75, 3.05) is 11.9 Å². The molecule has 0 saturated carbocycles. The largest absolute Gasteiger partial charge is 0.573 e. The van der Waals surface area contributed by atoms with Crippen molar-refractivity contribution in [3.63, 3.8) is 0 Å². The molecule has 0 saturated heterocycles. The van der Waals surface area contributed by atoms with E-state index in [1.807, 2.05) is 6.92 Å². The molecular weight excluding hydrogens is 476 g/mol. The lowest BCUT2D eigenvalue weighted by Gasteiger charge is -2.22. The number of aromatic nitrogens is 3. The van der Waals surface area contributed by atoms with E-state index < -0.39 is 6.36 Å². The summed E-state index contributed by atoms with van der Waals surface area (Å²) < 4.78 is 42.8. The monoisotopic (exact) mass is 496 g/mol. The smallest absolute Gasteiger partial charge is 0.406 e. The molecule has 27 heavy (non-hydrogen) atoms. The molecule has 1 unspecified atom stereocenters. The summed E-state index contributed by atoms with van der Waals surface area (Å²) in [6, 6.07) is 5.45. The Morgan fingerprint density at radius 1 is 1.41 bits per heavy atom. The van der Waals surface area contributed by atoms with Crippen LogP contribution in [0.5, 0.6) is 5.75 Å². The summed E-state index contributed by atoms with van der Waals surface area (Å²) in [6.07, 6.45) is -2.96. The van der Waals surface area contributed by atoms with Gasteiger partial charge >= 0.3 is 6.36 Å². The fraction of sp³-hybridized carbons (Fsp3) is 0.438. The summed E-state index contributed by atoms with van der Waals surface area (Å²) in [6.45, 7) is 3.20. The van der Waals surface area contributed by atoms with Crippen LogP contribution in [0.1, 0.15) is 18.1 Å². The van der Waals surface area contributed by atoms with Gasteiger partial charge in [0.25, 0.3) is 0 Å². The van der Waals surface area contributed by atoms with Gasteiger partial charge in [-0.05, 0) is 31.4 Å². The Kier molecular flexibility index (Phi) is 6.89. The highest BCUT2D eigenvalue weighted by atomic mass is 127. The van der Waals surface area contributed by atoms with Gasteiger partial charge in [0.1, 0.15) is 17.4 Å². The number of ether oxygens (including phenoxy) is 1. The van der Waals surface area contributed by atoms with Gasteiger partial charge in [-0.25, -0.2) is 0 Å². The van der Waals surface area contributed by atoms with Crippen molar-refractivity contribution in [2.24, 2.45) is 16.6 Å². The van der Waals surface area contributed by atoms with Crippen LogP contribution in [0, 0.1) is 12.8 Å². The van der Waals surface area contributed by atoms with E-state index in [1.54, 1.807) is 6.07 Å². The van der Waals surface area contributed by atoms with Crippen molar-refractivity contribution >= 4 is 35.6 Å². The summed E-state index contributed by atoms with van der Waals surface area (Å²) in [5.41, 5.74) is 6.22. The first-order chi connectivity index (χ1) is 12.3. The maximum Gasteiger partial charge on any atom is 0.573 e. The molecular formula is C16H20F3IN6O. The molecule has 1 atom stereocenters. The number of halogens is 4. The van der Waals surface area contributed by atoms with Gasteiger partial charge in [-0.3, -0.25) is 4.99 Å². The Balaban J connectivity index is 0.00000261. The number of nitrogens with two attached hydrogens (primary N) is 1. The van der Waals surface area contributed by atoms with Crippen LogP contribution in [0.4, 0.5) is 18.9 Å². The van der Waals surface area contributed by atoms with E-state index >= 15 is 0 Å². The topological polar surface area (TPSA) is 90.4 Å². The van der Waals surface area contributed by atoms with Crippen LogP contribution in [0.3, 0.4) is 0 Å². The van der Waals surface area contributed by atoms with Gasteiger partial charge < -0.3 is 20.4 Å². The third-order valence-corrected chi connectivity index (χ3v) is 4.09. The number of anilines is 1. The van der Waals surface area contributed by atoms with E-state index in [2.05, 4.69) is 29.8 Å². The second kappa shape index (κ2) is 8.76. The predicted octanol–water partition coefficient (Wildman–Crippen LogP) is 3.09. The van der Waals surface area contributed by atoms with Crippen molar-refractivity contribution in [2.45, 2.75) is 32.7 Å². The summed E-state index contributed by atoms with van der Waals surface area (Å²) >= 11 is 0. The highest BCUT2D eigenvalue weighted by Gasteiger charge is 2.31. The lowest BCUT2D eigenvalue weighted by atomic mass is 9.99. The van der Waals surface area contributed by atoms with Crippen molar-refractivity contribution in [3.8, 4) is 5.75 Å². The standard InChI is InChI=1S/C16H19F3N6O.HI/c1-10-23-24-14-6-5-11(9-25(10)14)8-21-15(20)22-12-3-2-4-13(7-12)26-16(17,18)19;/h2-4,7,11H,5-6,8-9H2,1H3,(H3,20,21,22);1H. The van der Waals surface area contributed by atoms with Crippen LogP contribution in [0.25, 0.3) is 0 Å². The van der Waals surface area contributed by atoms with E-state index in [1.165, 1.54) is 18.2 Å². The van der Waals surface area contributed by atoms with Crippen LogP contribution in [-0.2, 0) is 13.0 Å². The van der Waals surface area contributed by atoms with Crippen LogP contribution in [0.15, 0.2) is 29.3 Å². The maximum atomic E-state index is 12.3. The fourth-order valence-electron chi connectivity index (χ4n) is 2.86. The first-order valence-electron chi connectivity index (χ1n) is 8.11. The average Bonchev–Trinajstić information content (AvgIpc) is 2.92. The molecule has 0 bridgehead atoms. The number of hydrogen-bond donors (Lipinski definition) is 2. The minimum atomic E-state index is -4.74. The van der Waals surface area contributed by atoms with Gasteiger partial charge in [-0.15, -0.1) is 47.3 Å². The molecule has 0 fully saturated rings. The van der Waals surface area contributed by atoms with Crippen molar-refractivity contribution in [1.29, 1.82) is 0 Å². The van der Waals surface area contributed by atoms with Gasteiger partial charge in [-0.2, -0.15) is 0 Å². The number of nitrogens with zero attached hydrogens (tertiary/aromatic N) is 4. The molecule has 0 radical (unpaired) electrons. The first-order valence-corrected chi connectivity index (χ1v) is 8.11. The molecule has 1 aromatic heterocycles. The molecule has 7 nitrogen and oxygen atoms in total. The van der Waals surface area contributed by atoms with Gasteiger partial charge in [-0.1, -0.05) is 6.07 Å². The van der Waals surface area contributed by atoms with Crippen molar-refractivity contribution < 1.29 is 17.9 Å². The number of fused-ring (bicyclic) bond motifs is 1. The molecule has 0 spiro atoms. The Morgan fingerprint density at radius 3 is 2.93 bits per heavy atom. The Hall–Kier alpha value is -2.05. The lowest BCUT2D eigenvalue weighted by Crippen LogP contribution is -2.27. The second-order valence-corrected chi connectivity index (χ2v) is 6.11. The van der Waals surface area contributed by atoms with Crippen LogP contribution in [-0.4, -0.2) is 33.6 Å². The number of nitrogens with one attached hydrogen (secondary N) is 1. The Bertz CT molecular complexity index is 808. The summed E-state index contributed by atoms with van der Waals surface area (Å²) in [4.78, 5) is 4.30. The maximum absolute atomic E-state index is 12.3. The number of aryl methyl sites for hydroxylation is 2. The van der Waals surface area contributed by atoms with Gasteiger partial charge in [0.15, 0.2) is 5.96 Å². The molecule has 1 aromatic carbocycles. The molecule has 11 heteroatoms. The quantitative estimate of drug-likeness (QED) is 0.386. The number of guanidine groups is 1. The highest BCUT2D eigenvalue weighted by Crippen LogP contribution is 2.25. The van der Waals surface area contributed by atoms with E-state index in [4.69, 9.17) is 5.73 Å². The van der Waals surface area contributed by atoms with E-state index in [9.17, 15) is 13.2 Å². The van der Waals surface area contributed by atoms with E-state index in [0.29, 0.717) is 18.2 Å². The molecule has 0 aliphatic carbocycles. The van der Waals surface area contributed by atoms with Gasteiger partial charge in [0, 0.05) is 31.3 Å². The number of rotatable bonds is 4. The molecule has 148 valence electrons. The number of benzene rings is 1. The molecule has 2 aromatic rings. The van der Waals surface area contributed by atoms with Crippen LogP contribution >= 0.6 is 24.0 Å². The molecule has 3 rings (SSSR count). The Labute approximate surface area is 171 Å². The third kappa shape index (κ3) is 5.97. The zero-order chi connectivity index (χ0) is 18.7. The molecule has 3 N–H and O–H groups in total. The molecule has 1 aliphatic rings. The summed E-state index contributed by atoms with van der Waals surface area (Å²) in [5, 5.41) is 11.0. The Morgan fingerprint density at radius 2 is 2.19 bits per heavy atom. The number of aliphatic imine (C=N–C) groups is 1.